The number of benzene rings is 1. The first-order valence-electron chi connectivity index (χ1n) is 7.23. The summed E-state index contributed by atoms with van der Waals surface area (Å²) in [6.45, 7) is 1.75. The molecule has 4 N–H and O–H groups in total. The van der Waals surface area contributed by atoms with E-state index in [0.29, 0.717) is 6.07 Å². The number of nitrogen functional groups attached to an aromatic ring is 1. The van der Waals surface area contributed by atoms with Gasteiger partial charge in [0.25, 0.3) is 5.56 Å². The van der Waals surface area contributed by atoms with E-state index in [-0.39, 0.29) is 30.2 Å². The largest absolute Gasteiger partial charge is 0.386 e. The van der Waals surface area contributed by atoms with Crippen molar-refractivity contribution < 1.29 is 13.9 Å². The number of nitrogens with zero attached hydrogens (tertiary/aromatic N) is 2. The van der Waals surface area contributed by atoms with Crippen LogP contribution in [0.1, 0.15) is 18.6 Å². The molecule has 0 saturated carbocycles. The summed E-state index contributed by atoms with van der Waals surface area (Å²) in [6, 6.07) is 2.82. The van der Waals surface area contributed by atoms with Crippen molar-refractivity contribution >= 4 is 11.5 Å². The zero-order valence-corrected chi connectivity index (χ0v) is 13.2. The summed E-state index contributed by atoms with van der Waals surface area (Å²) in [4.78, 5) is 27.1. The van der Waals surface area contributed by atoms with Gasteiger partial charge in [0.05, 0.1) is 6.10 Å². The van der Waals surface area contributed by atoms with Crippen LogP contribution in [0.4, 0.5) is 20.3 Å². The molecular weight excluding hydrogens is 322 g/mol. The molecular formula is C15H18F2N4O3. The fourth-order valence-corrected chi connectivity index (χ4v) is 2.48. The standard InChI is InChI=1S/C15H18F2N4O3/c1-3-21-13(18)12(14(23)19-15(21)24)20(2)7-11(22)9-5-4-8(16)6-10(9)17/h4-6,11,22H,3,7,18H2,1-2H3,(H,19,23,24). The maximum atomic E-state index is 13.7. The lowest BCUT2D eigenvalue weighted by molar-refractivity contribution is 0.180. The lowest BCUT2D eigenvalue weighted by atomic mass is 10.1. The Morgan fingerprint density at radius 1 is 1.38 bits per heavy atom. The van der Waals surface area contributed by atoms with Crippen LogP contribution in [-0.4, -0.2) is 28.3 Å². The highest BCUT2D eigenvalue weighted by atomic mass is 19.1. The van der Waals surface area contributed by atoms with Gasteiger partial charge in [0.2, 0.25) is 0 Å². The minimum absolute atomic E-state index is 0.0157. The van der Waals surface area contributed by atoms with Crippen LogP contribution in [0, 0.1) is 11.6 Å². The third-order valence-electron chi connectivity index (χ3n) is 3.68. The van der Waals surface area contributed by atoms with Gasteiger partial charge in [-0.15, -0.1) is 0 Å². The Morgan fingerprint density at radius 3 is 2.62 bits per heavy atom. The lowest BCUT2D eigenvalue weighted by Crippen LogP contribution is -2.38. The molecule has 130 valence electrons. The van der Waals surface area contributed by atoms with Crippen molar-refractivity contribution in [2.45, 2.75) is 19.6 Å². The second kappa shape index (κ2) is 6.83. The van der Waals surface area contributed by atoms with E-state index in [1.54, 1.807) is 6.92 Å². The van der Waals surface area contributed by atoms with Gasteiger partial charge in [0, 0.05) is 31.8 Å². The predicted molar refractivity (Wildman–Crippen MR) is 86.0 cm³/mol. The maximum absolute atomic E-state index is 13.7. The second-order valence-electron chi connectivity index (χ2n) is 5.30. The van der Waals surface area contributed by atoms with Gasteiger partial charge in [-0.1, -0.05) is 6.07 Å². The zero-order valence-electron chi connectivity index (χ0n) is 13.2. The van der Waals surface area contributed by atoms with Gasteiger partial charge >= 0.3 is 5.69 Å². The van der Waals surface area contributed by atoms with Gasteiger partial charge in [0.15, 0.2) is 0 Å². The molecule has 0 radical (unpaired) electrons. The SMILES string of the molecule is CCn1c(N)c(N(C)CC(O)c2ccc(F)cc2F)c(=O)[nH]c1=O. The molecule has 0 fully saturated rings. The van der Waals surface area contributed by atoms with Crippen LogP contribution in [0.15, 0.2) is 27.8 Å². The number of aliphatic hydroxyl groups is 1. The first kappa shape index (κ1) is 17.7. The smallest absolute Gasteiger partial charge is 0.330 e. The van der Waals surface area contributed by atoms with Crippen molar-refractivity contribution in [1.29, 1.82) is 0 Å². The van der Waals surface area contributed by atoms with Crippen LogP contribution in [-0.2, 0) is 6.54 Å². The number of H-pyrrole nitrogens is 1. The van der Waals surface area contributed by atoms with Crippen LogP contribution in [0.2, 0.25) is 0 Å². The van der Waals surface area contributed by atoms with E-state index in [1.807, 2.05) is 0 Å². The molecule has 1 heterocycles. The molecule has 2 aromatic rings. The van der Waals surface area contributed by atoms with Crippen molar-refractivity contribution in [3.8, 4) is 0 Å². The van der Waals surface area contributed by atoms with Gasteiger partial charge in [-0.25, -0.2) is 13.6 Å². The molecule has 9 heteroatoms. The highest BCUT2D eigenvalue weighted by Gasteiger charge is 2.20. The van der Waals surface area contributed by atoms with E-state index in [2.05, 4.69) is 4.98 Å². The van der Waals surface area contributed by atoms with Crippen molar-refractivity contribution in [1.82, 2.24) is 9.55 Å². The van der Waals surface area contributed by atoms with Gasteiger partial charge in [-0.3, -0.25) is 14.3 Å². The summed E-state index contributed by atoms with van der Waals surface area (Å²) in [5, 5.41) is 10.2. The molecule has 24 heavy (non-hydrogen) atoms. The third-order valence-corrected chi connectivity index (χ3v) is 3.68. The fourth-order valence-electron chi connectivity index (χ4n) is 2.48. The Labute approximate surface area is 136 Å². The van der Waals surface area contributed by atoms with E-state index >= 15 is 0 Å². The molecule has 0 aliphatic heterocycles. The molecule has 0 amide bonds. The molecule has 7 nitrogen and oxygen atoms in total. The predicted octanol–water partition coefficient (Wildman–Crippen LogP) is 0.587. The van der Waals surface area contributed by atoms with E-state index in [9.17, 15) is 23.5 Å². The summed E-state index contributed by atoms with van der Waals surface area (Å²) < 4.78 is 27.8. The first-order chi connectivity index (χ1) is 11.3. The summed E-state index contributed by atoms with van der Waals surface area (Å²) in [5.41, 5.74) is 4.38. The Hall–Kier alpha value is -2.68. The van der Waals surface area contributed by atoms with E-state index in [0.717, 1.165) is 16.7 Å². The van der Waals surface area contributed by atoms with Gasteiger partial charge in [-0.05, 0) is 13.0 Å². The number of aliphatic hydroxyl groups excluding tert-OH is 1. The fraction of sp³-hybridized carbons (Fsp3) is 0.333. The number of hydrogen-bond acceptors (Lipinski definition) is 5. The van der Waals surface area contributed by atoms with E-state index in [4.69, 9.17) is 5.73 Å². The van der Waals surface area contributed by atoms with Crippen LogP contribution in [0.25, 0.3) is 0 Å². The maximum Gasteiger partial charge on any atom is 0.330 e. The lowest BCUT2D eigenvalue weighted by Gasteiger charge is -2.24. The van der Waals surface area contributed by atoms with Crippen molar-refractivity contribution in [3.05, 3.63) is 56.2 Å². The van der Waals surface area contributed by atoms with Gasteiger partial charge < -0.3 is 15.7 Å². The van der Waals surface area contributed by atoms with Crippen LogP contribution in [0.3, 0.4) is 0 Å². The molecule has 2 rings (SSSR count). The summed E-state index contributed by atoms with van der Waals surface area (Å²) in [6.07, 6.45) is -1.32. The Balaban J connectivity index is 2.35. The molecule has 0 bridgehead atoms. The number of aromatic nitrogens is 2. The monoisotopic (exact) mass is 340 g/mol. The number of aromatic amines is 1. The van der Waals surface area contributed by atoms with E-state index in [1.165, 1.54) is 11.9 Å². The highest BCUT2D eigenvalue weighted by Crippen LogP contribution is 2.22. The normalized spacial score (nSPS) is 12.2. The van der Waals surface area contributed by atoms with Crippen molar-refractivity contribution in [2.75, 3.05) is 24.2 Å². The van der Waals surface area contributed by atoms with Gasteiger partial charge in [-0.2, -0.15) is 0 Å². The van der Waals surface area contributed by atoms with Crippen LogP contribution >= 0.6 is 0 Å². The third kappa shape index (κ3) is 3.30. The summed E-state index contributed by atoms with van der Waals surface area (Å²) >= 11 is 0. The average Bonchev–Trinajstić information content (AvgIpc) is 2.46. The molecule has 1 aromatic heterocycles. The highest BCUT2D eigenvalue weighted by molar-refractivity contribution is 5.62. The Bertz CT molecular complexity index is 863. The molecule has 0 aliphatic carbocycles. The first-order valence-corrected chi connectivity index (χ1v) is 7.23. The number of likely N-dealkylation sites (N-methyl/N-ethyl adjacent to an activating group) is 1. The average molecular weight is 340 g/mol. The number of anilines is 2. The number of nitrogens with two attached hydrogens (primary N) is 1. The van der Waals surface area contributed by atoms with Crippen molar-refractivity contribution in [3.63, 3.8) is 0 Å². The number of nitrogens with one attached hydrogen (secondary N) is 1. The molecule has 1 aromatic carbocycles. The quantitative estimate of drug-likeness (QED) is 0.739. The molecule has 1 unspecified atom stereocenters. The molecule has 0 aliphatic rings. The summed E-state index contributed by atoms with van der Waals surface area (Å²) in [5.74, 6) is -1.70. The minimum atomic E-state index is -1.32. The molecule has 0 spiro atoms. The Morgan fingerprint density at radius 2 is 2.04 bits per heavy atom. The van der Waals surface area contributed by atoms with Crippen molar-refractivity contribution in [2.24, 2.45) is 0 Å². The van der Waals surface area contributed by atoms with Crippen LogP contribution < -0.4 is 21.9 Å². The number of rotatable bonds is 5. The second-order valence-corrected chi connectivity index (χ2v) is 5.30. The Kier molecular flexibility index (Phi) is 5.03. The number of halogens is 2. The van der Waals surface area contributed by atoms with Crippen LogP contribution in [0.5, 0.6) is 0 Å². The molecule has 1 atom stereocenters. The molecule has 0 saturated heterocycles. The topological polar surface area (TPSA) is 104 Å². The zero-order chi connectivity index (χ0) is 18.0. The van der Waals surface area contributed by atoms with E-state index < -0.39 is 29.0 Å². The minimum Gasteiger partial charge on any atom is -0.386 e. The van der Waals surface area contributed by atoms with Gasteiger partial charge in [0.1, 0.15) is 23.1 Å². The number of hydrogen-bond donors (Lipinski definition) is 3. The summed E-state index contributed by atoms with van der Waals surface area (Å²) in [7, 11) is 1.47.